The molecule has 1 heterocycles. The molecule has 0 aliphatic heterocycles. The van der Waals surface area contributed by atoms with E-state index in [2.05, 4.69) is 31.5 Å². The van der Waals surface area contributed by atoms with Crippen LogP contribution in [0.1, 0.15) is 85.5 Å². The zero-order chi connectivity index (χ0) is 29.7. The van der Waals surface area contributed by atoms with Crippen molar-refractivity contribution in [3.05, 3.63) is 28.5 Å². The normalized spacial score (nSPS) is 15.5. The summed E-state index contributed by atoms with van der Waals surface area (Å²) in [5, 5.41) is 26.3. The summed E-state index contributed by atoms with van der Waals surface area (Å²) in [5.74, 6) is -5.08. The van der Waals surface area contributed by atoms with Gasteiger partial charge in [0.15, 0.2) is 0 Å². The van der Waals surface area contributed by atoms with Crippen LogP contribution in [0.5, 0.6) is 0 Å². The molecule has 11 heteroatoms. The third-order valence-electron chi connectivity index (χ3n) is 6.30. The van der Waals surface area contributed by atoms with Crippen LogP contribution in [0.4, 0.5) is 4.79 Å². The molecule has 38 heavy (non-hydrogen) atoms. The van der Waals surface area contributed by atoms with Crippen LogP contribution < -0.4 is 10.6 Å². The average Bonchev–Trinajstić information content (AvgIpc) is 2.71. The monoisotopic (exact) mass is 599 g/mol. The molecule has 0 spiro atoms. The fourth-order valence-electron chi connectivity index (χ4n) is 4.86. The van der Waals surface area contributed by atoms with Gasteiger partial charge in [0, 0.05) is 24.2 Å². The molecular formula is C27H42BrN3O7. The molecule has 0 radical (unpaired) electrons. The molecule has 0 bridgehead atoms. The summed E-state index contributed by atoms with van der Waals surface area (Å²) in [6.07, 6.45) is 0.888. The van der Waals surface area contributed by atoms with Gasteiger partial charge in [-0.25, -0.2) is 14.6 Å². The van der Waals surface area contributed by atoms with Gasteiger partial charge in [-0.1, -0.05) is 41.5 Å². The van der Waals surface area contributed by atoms with Gasteiger partial charge in [0.1, 0.15) is 15.7 Å². The van der Waals surface area contributed by atoms with E-state index < -0.39 is 51.8 Å². The lowest BCUT2D eigenvalue weighted by Gasteiger charge is -2.53. The SMILES string of the molecule is CC(C)(C)OC(=O)N[C@@](C(=O)O)(C([C@H](CCCNC(=O)c1ccnc(Br)c1)C(=O)O)C(C)(C)C)C(C)(C)C. The summed E-state index contributed by atoms with van der Waals surface area (Å²) in [6, 6.07) is 3.13. The molecule has 10 nitrogen and oxygen atoms in total. The van der Waals surface area contributed by atoms with E-state index in [1.54, 1.807) is 74.4 Å². The van der Waals surface area contributed by atoms with Crippen LogP contribution in [0.3, 0.4) is 0 Å². The summed E-state index contributed by atoms with van der Waals surface area (Å²) in [7, 11) is 0. The van der Waals surface area contributed by atoms with E-state index in [1.807, 2.05) is 0 Å². The minimum absolute atomic E-state index is 0.0682. The van der Waals surface area contributed by atoms with E-state index in [0.29, 0.717) is 10.2 Å². The van der Waals surface area contributed by atoms with E-state index in [9.17, 15) is 29.4 Å². The first-order valence-electron chi connectivity index (χ1n) is 12.5. The topological polar surface area (TPSA) is 155 Å². The second-order valence-corrected chi connectivity index (χ2v) is 13.4. The van der Waals surface area contributed by atoms with Crippen molar-refractivity contribution in [1.29, 1.82) is 0 Å². The highest BCUT2D eigenvalue weighted by molar-refractivity contribution is 9.10. The number of pyridine rings is 1. The van der Waals surface area contributed by atoms with Crippen molar-refractivity contribution in [2.24, 2.45) is 22.7 Å². The first-order chi connectivity index (χ1) is 17.1. The predicted molar refractivity (Wildman–Crippen MR) is 147 cm³/mol. The Kier molecular flexibility index (Phi) is 10.9. The number of nitrogens with one attached hydrogen (secondary N) is 2. The number of nitrogens with zero attached hydrogens (tertiary/aromatic N) is 1. The van der Waals surface area contributed by atoms with Crippen LogP contribution >= 0.6 is 15.9 Å². The van der Waals surface area contributed by atoms with E-state index >= 15 is 0 Å². The van der Waals surface area contributed by atoms with E-state index in [-0.39, 0.29) is 25.3 Å². The maximum Gasteiger partial charge on any atom is 0.408 e. The second kappa shape index (κ2) is 12.4. The largest absolute Gasteiger partial charge is 0.481 e. The number of amides is 2. The highest BCUT2D eigenvalue weighted by atomic mass is 79.9. The Balaban J connectivity index is 3.37. The van der Waals surface area contributed by atoms with E-state index in [0.717, 1.165) is 0 Å². The molecule has 1 rings (SSSR count). The minimum atomic E-state index is -2.00. The first kappa shape index (κ1) is 33.3. The molecule has 4 N–H and O–H groups in total. The van der Waals surface area contributed by atoms with Gasteiger partial charge < -0.3 is 25.6 Å². The number of hydrogen-bond acceptors (Lipinski definition) is 6. The van der Waals surface area contributed by atoms with Crippen molar-refractivity contribution >= 4 is 39.9 Å². The summed E-state index contributed by atoms with van der Waals surface area (Å²) >= 11 is 3.22. The fourth-order valence-corrected chi connectivity index (χ4v) is 5.23. The number of aromatic nitrogens is 1. The van der Waals surface area contributed by atoms with Gasteiger partial charge in [-0.3, -0.25) is 9.59 Å². The Morgan fingerprint density at radius 2 is 1.61 bits per heavy atom. The molecule has 0 aliphatic carbocycles. The Bertz CT molecular complexity index is 1020. The van der Waals surface area contributed by atoms with Gasteiger partial charge in [0.2, 0.25) is 0 Å². The fraction of sp³-hybridized carbons (Fsp3) is 0.667. The quantitative estimate of drug-likeness (QED) is 0.213. The van der Waals surface area contributed by atoms with E-state index in [4.69, 9.17) is 4.74 Å². The number of carboxylic acids is 2. The lowest BCUT2D eigenvalue weighted by atomic mass is 9.54. The molecule has 3 atom stereocenters. The number of carboxylic acid groups (broad SMARTS) is 2. The molecule has 0 aliphatic rings. The molecule has 1 aromatic rings. The molecule has 0 saturated carbocycles. The Labute approximate surface area is 233 Å². The zero-order valence-electron chi connectivity index (χ0n) is 23.8. The highest BCUT2D eigenvalue weighted by Crippen LogP contribution is 2.50. The zero-order valence-corrected chi connectivity index (χ0v) is 25.4. The van der Waals surface area contributed by atoms with Crippen LogP contribution in [0.15, 0.2) is 22.9 Å². The Morgan fingerprint density at radius 1 is 1.03 bits per heavy atom. The van der Waals surface area contributed by atoms with Crippen molar-refractivity contribution in [3.8, 4) is 0 Å². The van der Waals surface area contributed by atoms with Crippen LogP contribution in [0, 0.1) is 22.7 Å². The molecule has 0 aromatic carbocycles. The second-order valence-electron chi connectivity index (χ2n) is 12.5. The van der Waals surface area contributed by atoms with Crippen LogP contribution in [-0.2, 0) is 14.3 Å². The number of hydrogen-bond donors (Lipinski definition) is 4. The van der Waals surface area contributed by atoms with Gasteiger partial charge in [-0.05, 0) is 72.5 Å². The molecule has 1 aromatic heterocycles. The molecular weight excluding hydrogens is 558 g/mol. The van der Waals surface area contributed by atoms with Gasteiger partial charge in [0.25, 0.3) is 5.91 Å². The number of aliphatic carboxylic acids is 2. The summed E-state index contributed by atoms with van der Waals surface area (Å²) < 4.78 is 5.91. The standard InChI is InChI=1S/C27H42BrN3O7/c1-24(2,3)19(27(22(35)36,25(4,5)6)31-23(37)38-26(7,8)9)17(21(33)34)11-10-13-30-20(32)16-12-14-29-18(28)15-16/h12,14-15,17,19H,10-11,13H2,1-9H3,(H,30,32)(H,31,37)(H,33,34)(H,35,36)/t17-,19?,27+/m0/s1. The third kappa shape index (κ3) is 8.68. The molecule has 214 valence electrons. The number of carbonyl (C=O) groups excluding carboxylic acids is 2. The maximum atomic E-state index is 13.1. The van der Waals surface area contributed by atoms with Crippen LogP contribution in [0.2, 0.25) is 0 Å². The van der Waals surface area contributed by atoms with Crippen molar-refractivity contribution in [2.45, 2.75) is 86.3 Å². The smallest absolute Gasteiger partial charge is 0.408 e. The van der Waals surface area contributed by atoms with Gasteiger partial charge in [-0.15, -0.1) is 0 Å². The molecule has 1 unspecified atom stereocenters. The van der Waals surface area contributed by atoms with Crippen LogP contribution in [0.25, 0.3) is 0 Å². The number of alkyl carbamates (subject to hydrolysis) is 1. The summed E-state index contributed by atoms with van der Waals surface area (Å²) in [4.78, 5) is 55.1. The maximum absolute atomic E-state index is 13.1. The molecule has 0 saturated heterocycles. The Hall–Kier alpha value is -2.69. The first-order valence-corrected chi connectivity index (χ1v) is 13.3. The van der Waals surface area contributed by atoms with Crippen molar-refractivity contribution in [1.82, 2.24) is 15.6 Å². The van der Waals surface area contributed by atoms with Gasteiger partial charge in [0.05, 0.1) is 5.92 Å². The molecule has 2 amide bonds. The number of rotatable bonds is 10. The highest BCUT2D eigenvalue weighted by Gasteiger charge is 2.62. The number of ether oxygens (including phenoxy) is 1. The minimum Gasteiger partial charge on any atom is -0.481 e. The molecule has 0 fully saturated rings. The van der Waals surface area contributed by atoms with Crippen molar-refractivity contribution in [2.75, 3.05) is 6.54 Å². The van der Waals surface area contributed by atoms with Crippen molar-refractivity contribution in [3.63, 3.8) is 0 Å². The number of carbonyl (C=O) groups is 4. The average molecular weight is 601 g/mol. The van der Waals surface area contributed by atoms with Gasteiger partial charge >= 0.3 is 18.0 Å². The summed E-state index contributed by atoms with van der Waals surface area (Å²) in [5.41, 5.74) is -4.46. The predicted octanol–water partition coefficient (Wildman–Crippen LogP) is 5.11. The lowest BCUT2D eigenvalue weighted by molar-refractivity contribution is -0.166. The van der Waals surface area contributed by atoms with Crippen molar-refractivity contribution < 1.29 is 34.1 Å². The Morgan fingerprint density at radius 3 is 2.03 bits per heavy atom. The lowest BCUT2D eigenvalue weighted by Crippen LogP contribution is -2.71. The van der Waals surface area contributed by atoms with Gasteiger partial charge in [-0.2, -0.15) is 0 Å². The third-order valence-corrected chi connectivity index (χ3v) is 6.74. The number of halogens is 1. The van der Waals surface area contributed by atoms with Crippen LogP contribution in [-0.4, -0.2) is 56.8 Å². The summed E-state index contributed by atoms with van der Waals surface area (Å²) in [6.45, 7) is 15.4. The van der Waals surface area contributed by atoms with E-state index in [1.165, 1.54) is 6.20 Å².